The van der Waals surface area contributed by atoms with Crippen LogP contribution in [0.4, 0.5) is 0 Å². The van der Waals surface area contributed by atoms with Gasteiger partial charge in [-0.1, -0.05) is 0 Å². The quantitative estimate of drug-likeness (QED) is 0.736. The summed E-state index contributed by atoms with van der Waals surface area (Å²) in [7, 11) is 0. The molecule has 2 rings (SSSR count). The second-order valence-corrected chi connectivity index (χ2v) is 5.00. The molecule has 0 saturated carbocycles. The SMILES string of the molecule is [O]C(CCC1CCCN1)C1CCNCC1. The van der Waals surface area contributed by atoms with Crippen molar-refractivity contribution in [3.8, 4) is 0 Å². The minimum absolute atomic E-state index is 0.311. The van der Waals surface area contributed by atoms with Gasteiger partial charge < -0.3 is 10.6 Å². The van der Waals surface area contributed by atoms with E-state index in [1.165, 1.54) is 12.8 Å². The van der Waals surface area contributed by atoms with Gasteiger partial charge in [0, 0.05) is 6.04 Å². The van der Waals surface area contributed by atoms with E-state index in [1.54, 1.807) is 0 Å². The summed E-state index contributed by atoms with van der Waals surface area (Å²) < 4.78 is 0. The van der Waals surface area contributed by atoms with Gasteiger partial charge >= 0.3 is 0 Å². The highest BCUT2D eigenvalue weighted by atomic mass is 16.3. The van der Waals surface area contributed by atoms with Gasteiger partial charge in [0.15, 0.2) is 0 Å². The molecule has 1 radical (unpaired) electrons. The van der Waals surface area contributed by atoms with E-state index in [1.807, 2.05) is 0 Å². The maximum Gasteiger partial charge on any atom is 0.0959 e. The number of hydrogen-bond donors (Lipinski definition) is 2. The van der Waals surface area contributed by atoms with E-state index in [9.17, 15) is 5.11 Å². The fraction of sp³-hybridized carbons (Fsp3) is 1.00. The third kappa shape index (κ3) is 3.44. The zero-order valence-corrected chi connectivity index (χ0v) is 9.50. The largest absolute Gasteiger partial charge is 0.317 e. The summed E-state index contributed by atoms with van der Waals surface area (Å²) >= 11 is 0. The van der Waals surface area contributed by atoms with E-state index in [0.29, 0.717) is 12.0 Å². The Morgan fingerprint density at radius 3 is 2.60 bits per heavy atom. The number of nitrogens with one attached hydrogen (secondary N) is 2. The van der Waals surface area contributed by atoms with Crippen molar-refractivity contribution < 1.29 is 5.11 Å². The van der Waals surface area contributed by atoms with E-state index in [2.05, 4.69) is 10.6 Å². The normalized spacial score (nSPS) is 30.6. The van der Waals surface area contributed by atoms with Gasteiger partial charge in [0.2, 0.25) is 0 Å². The number of piperidine rings is 1. The monoisotopic (exact) mass is 211 g/mol. The minimum Gasteiger partial charge on any atom is -0.317 e. The highest BCUT2D eigenvalue weighted by molar-refractivity contribution is 4.79. The fourth-order valence-electron chi connectivity index (χ4n) is 2.82. The Morgan fingerprint density at radius 2 is 1.93 bits per heavy atom. The summed E-state index contributed by atoms with van der Waals surface area (Å²) in [4.78, 5) is 0. The van der Waals surface area contributed by atoms with Crippen molar-refractivity contribution in [2.75, 3.05) is 19.6 Å². The van der Waals surface area contributed by atoms with Crippen molar-refractivity contribution in [2.24, 2.45) is 5.92 Å². The molecule has 3 nitrogen and oxygen atoms in total. The maximum absolute atomic E-state index is 12.0. The Kier molecular flexibility index (Phi) is 4.42. The second-order valence-electron chi connectivity index (χ2n) is 5.00. The van der Waals surface area contributed by atoms with Crippen LogP contribution in [0, 0.1) is 5.92 Å². The molecule has 0 aromatic rings. The molecule has 2 N–H and O–H groups in total. The van der Waals surface area contributed by atoms with Gasteiger partial charge in [-0.15, -0.1) is 0 Å². The molecule has 0 aliphatic carbocycles. The molecule has 2 atom stereocenters. The third-order valence-corrected chi connectivity index (χ3v) is 3.87. The van der Waals surface area contributed by atoms with Crippen molar-refractivity contribution in [1.82, 2.24) is 10.6 Å². The summed E-state index contributed by atoms with van der Waals surface area (Å²) in [6, 6.07) is 0.642. The Morgan fingerprint density at radius 1 is 1.13 bits per heavy atom. The van der Waals surface area contributed by atoms with E-state index >= 15 is 0 Å². The minimum atomic E-state index is -0.311. The van der Waals surface area contributed by atoms with Crippen molar-refractivity contribution in [3.05, 3.63) is 0 Å². The van der Waals surface area contributed by atoms with Crippen LogP contribution >= 0.6 is 0 Å². The Labute approximate surface area is 92.6 Å². The lowest BCUT2D eigenvalue weighted by Gasteiger charge is -2.26. The van der Waals surface area contributed by atoms with Crippen molar-refractivity contribution in [2.45, 2.75) is 50.7 Å². The van der Waals surface area contributed by atoms with Crippen molar-refractivity contribution >= 4 is 0 Å². The summed E-state index contributed by atoms with van der Waals surface area (Å²) in [6.45, 7) is 3.25. The van der Waals surface area contributed by atoms with Gasteiger partial charge in [0.25, 0.3) is 0 Å². The lowest BCUT2D eigenvalue weighted by atomic mass is 9.89. The molecule has 0 amide bonds. The first-order chi connectivity index (χ1) is 7.36. The summed E-state index contributed by atoms with van der Waals surface area (Å²) in [6.07, 6.45) is 6.41. The third-order valence-electron chi connectivity index (χ3n) is 3.87. The van der Waals surface area contributed by atoms with Gasteiger partial charge in [-0.05, 0) is 64.1 Å². The molecule has 2 saturated heterocycles. The Hall–Kier alpha value is -0.120. The molecule has 2 aliphatic rings. The standard InChI is InChI=1S/C12H23N2O/c15-12(10-5-8-13-9-6-10)4-3-11-2-1-7-14-11/h10-14H,1-9H2. The average molecular weight is 211 g/mol. The van der Waals surface area contributed by atoms with Gasteiger partial charge in [-0.3, -0.25) is 0 Å². The smallest absolute Gasteiger partial charge is 0.0959 e. The Bertz CT molecular complexity index is 174. The van der Waals surface area contributed by atoms with Crippen LogP contribution in [-0.2, 0) is 5.11 Å². The molecule has 0 aromatic carbocycles. The lowest BCUT2D eigenvalue weighted by molar-refractivity contribution is 0.0149. The fourth-order valence-corrected chi connectivity index (χ4v) is 2.82. The van der Waals surface area contributed by atoms with Crippen LogP contribution < -0.4 is 10.6 Å². The molecule has 87 valence electrons. The van der Waals surface area contributed by atoms with Crippen LogP contribution in [-0.4, -0.2) is 31.8 Å². The van der Waals surface area contributed by atoms with Crippen LogP contribution in [0.25, 0.3) is 0 Å². The molecule has 0 spiro atoms. The molecule has 0 aromatic heterocycles. The van der Waals surface area contributed by atoms with Crippen LogP contribution in [0.15, 0.2) is 0 Å². The zero-order chi connectivity index (χ0) is 10.5. The van der Waals surface area contributed by atoms with E-state index in [0.717, 1.165) is 45.3 Å². The second kappa shape index (κ2) is 5.83. The molecular weight excluding hydrogens is 188 g/mol. The van der Waals surface area contributed by atoms with Gasteiger partial charge in [-0.2, -0.15) is 0 Å². The molecule has 2 aliphatic heterocycles. The van der Waals surface area contributed by atoms with Gasteiger partial charge in [0.05, 0.1) is 6.10 Å². The Balaban J connectivity index is 1.64. The molecule has 2 unspecified atom stereocenters. The first-order valence-electron chi connectivity index (χ1n) is 6.46. The van der Waals surface area contributed by atoms with Crippen LogP contribution in [0.2, 0.25) is 0 Å². The van der Waals surface area contributed by atoms with E-state index in [4.69, 9.17) is 0 Å². The first kappa shape index (κ1) is 11.4. The van der Waals surface area contributed by atoms with Crippen molar-refractivity contribution in [1.29, 1.82) is 0 Å². The van der Waals surface area contributed by atoms with E-state index in [-0.39, 0.29) is 6.10 Å². The molecule has 2 fully saturated rings. The maximum atomic E-state index is 12.0. The lowest BCUT2D eigenvalue weighted by Crippen LogP contribution is -2.34. The highest BCUT2D eigenvalue weighted by Gasteiger charge is 2.24. The predicted molar refractivity (Wildman–Crippen MR) is 60.3 cm³/mol. The number of rotatable bonds is 4. The zero-order valence-electron chi connectivity index (χ0n) is 9.50. The summed E-state index contributed by atoms with van der Waals surface area (Å²) in [5.41, 5.74) is 0. The summed E-state index contributed by atoms with van der Waals surface area (Å²) in [5, 5.41) is 18.8. The van der Waals surface area contributed by atoms with Crippen LogP contribution in [0.5, 0.6) is 0 Å². The van der Waals surface area contributed by atoms with Crippen LogP contribution in [0.3, 0.4) is 0 Å². The topological polar surface area (TPSA) is 44.0 Å². The van der Waals surface area contributed by atoms with E-state index < -0.39 is 0 Å². The average Bonchev–Trinajstić information content (AvgIpc) is 2.80. The first-order valence-corrected chi connectivity index (χ1v) is 6.46. The molecule has 0 bridgehead atoms. The predicted octanol–water partition coefficient (Wildman–Crippen LogP) is 1.32. The molecular formula is C12H23N2O. The van der Waals surface area contributed by atoms with Crippen LogP contribution in [0.1, 0.15) is 38.5 Å². The van der Waals surface area contributed by atoms with Gasteiger partial charge in [0.1, 0.15) is 0 Å². The highest BCUT2D eigenvalue weighted by Crippen LogP contribution is 2.22. The van der Waals surface area contributed by atoms with Gasteiger partial charge in [-0.25, -0.2) is 5.11 Å². The molecule has 15 heavy (non-hydrogen) atoms. The number of hydrogen-bond acceptors (Lipinski definition) is 2. The molecule has 3 heteroatoms. The van der Waals surface area contributed by atoms with Crippen molar-refractivity contribution in [3.63, 3.8) is 0 Å². The summed E-state index contributed by atoms with van der Waals surface area (Å²) in [5.74, 6) is 0.438. The molecule has 2 heterocycles.